The first-order valence-electron chi connectivity index (χ1n) is 5.72. The van der Waals surface area contributed by atoms with Crippen molar-refractivity contribution in [2.24, 2.45) is 5.41 Å². The summed E-state index contributed by atoms with van der Waals surface area (Å²) < 4.78 is 24.7. The average Bonchev–Trinajstić information content (AvgIpc) is 2.88. The third kappa shape index (κ3) is 1.10. The highest BCUT2D eigenvalue weighted by molar-refractivity contribution is 7.92. The fourth-order valence-electron chi connectivity index (χ4n) is 3.25. The Morgan fingerprint density at radius 1 is 1.22 bits per heavy atom. The molecule has 4 nitrogen and oxygen atoms in total. The molecule has 90 valence electrons. The monoisotopic (exact) mass is 258 g/mol. The van der Waals surface area contributed by atoms with Gasteiger partial charge in [0.15, 0.2) is 15.3 Å². The molecular weight excluding hydrogens is 248 g/mol. The summed E-state index contributed by atoms with van der Waals surface area (Å²) in [6.45, 7) is 0. The van der Waals surface area contributed by atoms with Crippen molar-refractivity contribution in [1.29, 1.82) is 10.5 Å². The highest BCUT2D eigenvalue weighted by Gasteiger charge is 2.60. The topological polar surface area (TPSA) is 81.7 Å². The lowest BCUT2D eigenvalue weighted by Crippen LogP contribution is -2.24. The number of fused-ring (bicyclic) bond motifs is 3. The lowest BCUT2D eigenvalue weighted by atomic mass is 9.77. The summed E-state index contributed by atoms with van der Waals surface area (Å²) in [6.07, 6.45) is 0.728. The summed E-state index contributed by atoms with van der Waals surface area (Å²) in [7, 11) is -3.38. The normalized spacial score (nSPS) is 29.9. The molecule has 1 saturated carbocycles. The Kier molecular flexibility index (Phi) is 2.09. The zero-order chi connectivity index (χ0) is 13.0. The number of hydrogen-bond donors (Lipinski definition) is 0. The largest absolute Gasteiger partial charge is 0.223 e. The molecule has 0 N–H and O–H groups in total. The zero-order valence-electron chi connectivity index (χ0n) is 9.50. The van der Waals surface area contributed by atoms with Crippen LogP contribution >= 0.6 is 0 Å². The van der Waals surface area contributed by atoms with Gasteiger partial charge in [-0.3, -0.25) is 0 Å². The average molecular weight is 258 g/mol. The maximum atomic E-state index is 12.4. The Balaban J connectivity index is 2.32. The van der Waals surface area contributed by atoms with Gasteiger partial charge >= 0.3 is 0 Å². The number of hydrogen-bond acceptors (Lipinski definition) is 4. The van der Waals surface area contributed by atoms with E-state index in [2.05, 4.69) is 12.1 Å². The lowest BCUT2D eigenvalue weighted by Gasteiger charge is -2.19. The fourth-order valence-corrected chi connectivity index (χ4v) is 5.53. The summed E-state index contributed by atoms with van der Waals surface area (Å²) in [6, 6.07) is 10.8. The van der Waals surface area contributed by atoms with Crippen LogP contribution in [0.4, 0.5) is 0 Å². The van der Waals surface area contributed by atoms with Crippen LogP contribution in [0.5, 0.6) is 0 Å². The van der Waals surface area contributed by atoms with Crippen molar-refractivity contribution >= 4 is 9.84 Å². The van der Waals surface area contributed by atoms with Gasteiger partial charge in [-0.1, -0.05) is 18.2 Å². The van der Waals surface area contributed by atoms with Crippen molar-refractivity contribution in [3.05, 3.63) is 29.8 Å². The van der Waals surface area contributed by atoms with Gasteiger partial charge in [0.25, 0.3) is 0 Å². The fraction of sp³-hybridized carbons (Fsp3) is 0.385. The second kappa shape index (κ2) is 3.34. The highest BCUT2D eigenvalue weighted by Crippen LogP contribution is 2.57. The number of nitriles is 2. The van der Waals surface area contributed by atoms with Crippen LogP contribution in [0.2, 0.25) is 0 Å². The number of nitrogens with zero attached hydrogens (tertiary/aromatic N) is 2. The molecule has 3 rings (SSSR count). The van der Waals surface area contributed by atoms with E-state index in [4.69, 9.17) is 0 Å². The maximum Gasteiger partial charge on any atom is 0.182 e. The summed E-state index contributed by atoms with van der Waals surface area (Å²) >= 11 is 0. The quantitative estimate of drug-likeness (QED) is 0.710. The van der Waals surface area contributed by atoms with Crippen molar-refractivity contribution in [2.75, 3.05) is 0 Å². The molecule has 1 aliphatic heterocycles. The van der Waals surface area contributed by atoms with E-state index in [1.54, 1.807) is 24.3 Å². The van der Waals surface area contributed by atoms with Gasteiger partial charge in [0.1, 0.15) is 0 Å². The van der Waals surface area contributed by atoms with Gasteiger partial charge in [-0.05, 0) is 24.5 Å². The van der Waals surface area contributed by atoms with Crippen molar-refractivity contribution in [3.63, 3.8) is 0 Å². The van der Waals surface area contributed by atoms with Gasteiger partial charge in [0, 0.05) is 5.92 Å². The molecule has 0 saturated heterocycles. The van der Waals surface area contributed by atoms with Crippen molar-refractivity contribution in [3.8, 4) is 12.1 Å². The van der Waals surface area contributed by atoms with Crippen LogP contribution < -0.4 is 0 Å². The van der Waals surface area contributed by atoms with Crippen LogP contribution in [0.1, 0.15) is 24.3 Å². The van der Waals surface area contributed by atoms with Crippen LogP contribution in [0.15, 0.2) is 29.2 Å². The van der Waals surface area contributed by atoms with Gasteiger partial charge < -0.3 is 0 Å². The van der Waals surface area contributed by atoms with E-state index in [1.165, 1.54) is 0 Å². The summed E-state index contributed by atoms with van der Waals surface area (Å²) in [5.74, 6) is -0.492. The molecule has 1 heterocycles. The van der Waals surface area contributed by atoms with E-state index in [0.717, 1.165) is 0 Å². The summed E-state index contributed by atoms with van der Waals surface area (Å²) in [4.78, 5) is 0.301. The minimum atomic E-state index is -3.38. The van der Waals surface area contributed by atoms with Gasteiger partial charge in [0.05, 0.1) is 22.3 Å². The van der Waals surface area contributed by atoms with Gasteiger partial charge in [-0.2, -0.15) is 10.5 Å². The molecule has 0 unspecified atom stereocenters. The Morgan fingerprint density at radius 3 is 2.56 bits per heavy atom. The Morgan fingerprint density at radius 2 is 1.89 bits per heavy atom. The predicted octanol–water partition coefficient (Wildman–Crippen LogP) is 1.75. The molecule has 0 spiro atoms. The van der Waals surface area contributed by atoms with E-state index >= 15 is 0 Å². The predicted molar refractivity (Wildman–Crippen MR) is 63.0 cm³/mol. The third-order valence-electron chi connectivity index (χ3n) is 4.08. The molecule has 1 aromatic carbocycles. The van der Waals surface area contributed by atoms with E-state index < -0.39 is 26.4 Å². The lowest BCUT2D eigenvalue weighted by molar-refractivity contribution is 0.477. The van der Waals surface area contributed by atoms with E-state index in [0.29, 0.717) is 23.3 Å². The van der Waals surface area contributed by atoms with Gasteiger partial charge in [-0.15, -0.1) is 0 Å². The molecule has 1 aliphatic carbocycles. The molecule has 0 bridgehead atoms. The van der Waals surface area contributed by atoms with Gasteiger partial charge in [-0.25, -0.2) is 8.42 Å². The van der Waals surface area contributed by atoms with Crippen molar-refractivity contribution < 1.29 is 8.42 Å². The molecule has 0 radical (unpaired) electrons. The number of sulfone groups is 1. The van der Waals surface area contributed by atoms with Crippen LogP contribution in [0.3, 0.4) is 0 Å². The zero-order valence-corrected chi connectivity index (χ0v) is 10.3. The number of benzene rings is 1. The molecule has 0 aromatic heterocycles. The standard InChI is InChI=1S/C13H10N2O2S/c14-7-13(8-15)6-5-11-12(13)9-3-1-2-4-10(9)18(11,16)17/h1-4,11-12H,5-6H2/t11-,12-/m1/s1. The Labute approximate surface area is 105 Å². The second-order valence-corrected chi connectivity index (χ2v) is 6.97. The second-order valence-electron chi connectivity index (χ2n) is 4.83. The molecule has 18 heavy (non-hydrogen) atoms. The minimum absolute atomic E-state index is 0.301. The summed E-state index contributed by atoms with van der Waals surface area (Å²) in [5, 5.41) is 18.0. The van der Waals surface area contributed by atoms with E-state index in [9.17, 15) is 18.9 Å². The van der Waals surface area contributed by atoms with Crippen LogP contribution in [-0.2, 0) is 9.84 Å². The minimum Gasteiger partial charge on any atom is -0.223 e. The van der Waals surface area contributed by atoms with E-state index in [1.807, 2.05) is 0 Å². The SMILES string of the molecule is N#CC1(C#N)CC[C@@H]2[C@H]1c1ccccc1S2(=O)=O. The first kappa shape index (κ1) is 11.3. The van der Waals surface area contributed by atoms with Crippen molar-refractivity contribution in [2.45, 2.75) is 28.9 Å². The van der Waals surface area contributed by atoms with E-state index in [-0.39, 0.29) is 0 Å². The van der Waals surface area contributed by atoms with Crippen LogP contribution in [0, 0.1) is 28.1 Å². The molecule has 1 aromatic rings. The van der Waals surface area contributed by atoms with Crippen molar-refractivity contribution in [1.82, 2.24) is 0 Å². The molecule has 1 fully saturated rings. The first-order chi connectivity index (χ1) is 8.57. The molecule has 5 heteroatoms. The third-order valence-corrected chi connectivity index (χ3v) is 6.37. The smallest absolute Gasteiger partial charge is 0.182 e. The Bertz CT molecular complexity index is 695. The molecule has 2 atom stereocenters. The Hall–Kier alpha value is -1.85. The van der Waals surface area contributed by atoms with Gasteiger partial charge in [0.2, 0.25) is 0 Å². The highest BCUT2D eigenvalue weighted by atomic mass is 32.2. The molecule has 0 amide bonds. The number of rotatable bonds is 0. The summed E-state index contributed by atoms with van der Waals surface area (Å²) in [5.41, 5.74) is -0.548. The van der Waals surface area contributed by atoms with Crippen LogP contribution in [-0.4, -0.2) is 13.7 Å². The molecular formula is C13H10N2O2S. The molecule has 2 aliphatic rings. The maximum absolute atomic E-state index is 12.4. The van der Waals surface area contributed by atoms with Crippen LogP contribution in [0.25, 0.3) is 0 Å². The first-order valence-corrected chi connectivity index (χ1v) is 7.27.